The van der Waals surface area contributed by atoms with Crippen molar-refractivity contribution >= 4 is 0 Å². The first kappa shape index (κ1) is 34.5. The quantitative estimate of drug-likeness (QED) is 0.157. The summed E-state index contributed by atoms with van der Waals surface area (Å²) in [6, 6.07) is 52.4. The number of aromatic nitrogens is 4. The molecule has 0 atom stereocenters. The van der Waals surface area contributed by atoms with Crippen molar-refractivity contribution in [1.82, 2.24) is 19.9 Å². The molecule has 9 rings (SSSR count). The van der Waals surface area contributed by atoms with E-state index >= 15 is 0 Å². The van der Waals surface area contributed by atoms with Gasteiger partial charge in [-0.15, -0.1) is 0 Å². The molecule has 4 heterocycles. The Hall–Kier alpha value is -7.30. The number of hydrogen-bond acceptors (Lipinski definition) is 4. The molecule has 0 unspecified atom stereocenters. The van der Waals surface area contributed by atoms with Gasteiger partial charge in [0.15, 0.2) is 0 Å². The molecule has 4 nitrogen and oxygen atoms in total. The molecule has 4 heteroatoms. The van der Waals surface area contributed by atoms with Crippen LogP contribution in [0.15, 0.2) is 195 Å². The van der Waals surface area contributed by atoms with E-state index in [2.05, 4.69) is 179 Å². The van der Waals surface area contributed by atoms with Gasteiger partial charge in [0.1, 0.15) is 0 Å². The van der Waals surface area contributed by atoms with Crippen LogP contribution in [0.25, 0.3) is 89.0 Å². The Morgan fingerprint density at radius 1 is 0.196 bits per heavy atom. The van der Waals surface area contributed by atoms with Crippen LogP contribution in [0.3, 0.4) is 0 Å². The minimum atomic E-state index is 1.15. The second-order valence-corrected chi connectivity index (χ2v) is 14.0. The van der Waals surface area contributed by atoms with Crippen molar-refractivity contribution in [1.29, 1.82) is 0 Å². The molecule has 0 aliphatic heterocycles. The largest absolute Gasteiger partial charge is 0.265 e. The van der Waals surface area contributed by atoms with Gasteiger partial charge in [-0.1, -0.05) is 97.1 Å². The van der Waals surface area contributed by atoms with Crippen molar-refractivity contribution in [3.63, 3.8) is 0 Å². The van der Waals surface area contributed by atoms with Crippen LogP contribution in [0.4, 0.5) is 0 Å². The topological polar surface area (TPSA) is 51.6 Å². The van der Waals surface area contributed by atoms with Crippen LogP contribution in [0, 0.1) is 13.8 Å². The summed E-state index contributed by atoms with van der Waals surface area (Å²) >= 11 is 0. The summed E-state index contributed by atoms with van der Waals surface area (Å²) in [5.74, 6) is 0. The molecule has 5 aromatic carbocycles. The van der Waals surface area contributed by atoms with Crippen LogP contribution in [-0.4, -0.2) is 19.9 Å². The highest BCUT2D eigenvalue weighted by Gasteiger charge is 2.24. The highest BCUT2D eigenvalue weighted by molar-refractivity contribution is 6.01. The summed E-state index contributed by atoms with van der Waals surface area (Å²) in [6.45, 7) is 4.59. The molecule has 0 saturated carbocycles. The lowest BCUT2D eigenvalue weighted by molar-refractivity contribution is 1.33. The summed E-state index contributed by atoms with van der Waals surface area (Å²) in [5.41, 5.74) is 21.3. The molecule has 0 spiro atoms. The maximum atomic E-state index is 4.23. The van der Waals surface area contributed by atoms with Gasteiger partial charge in [-0.3, -0.25) is 19.9 Å². The van der Waals surface area contributed by atoms with Crippen LogP contribution < -0.4 is 0 Å². The summed E-state index contributed by atoms with van der Waals surface area (Å²) in [7, 11) is 0. The lowest BCUT2D eigenvalue weighted by atomic mass is 9.78. The van der Waals surface area contributed by atoms with Crippen LogP contribution in [0.5, 0.6) is 0 Å². The van der Waals surface area contributed by atoms with Crippen LogP contribution >= 0.6 is 0 Å². The highest BCUT2D eigenvalue weighted by Crippen LogP contribution is 2.49. The van der Waals surface area contributed by atoms with E-state index in [0.29, 0.717) is 0 Å². The predicted octanol–water partition coefficient (Wildman–Crippen LogP) is 13.2. The molecular formula is C52H38N4. The zero-order chi connectivity index (χ0) is 37.8. The minimum absolute atomic E-state index is 1.15. The lowest BCUT2D eigenvalue weighted by Gasteiger charge is -2.26. The zero-order valence-corrected chi connectivity index (χ0v) is 31.3. The summed E-state index contributed by atoms with van der Waals surface area (Å²) in [5, 5.41) is 0. The van der Waals surface area contributed by atoms with E-state index in [1.54, 1.807) is 0 Å². The predicted molar refractivity (Wildman–Crippen MR) is 231 cm³/mol. The lowest BCUT2D eigenvalue weighted by Crippen LogP contribution is -2.01. The molecule has 0 N–H and O–H groups in total. The molecule has 0 aliphatic rings. The fraction of sp³-hybridized carbons (Fsp3) is 0.0385. The maximum Gasteiger partial charge on any atom is 0.0273 e. The second kappa shape index (κ2) is 15.2. The zero-order valence-electron chi connectivity index (χ0n) is 31.3. The van der Waals surface area contributed by atoms with Crippen molar-refractivity contribution in [2.45, 2.75) is 13.8 Å². The molecule has 266 valence electrons. The monoisotopic (exact) mass is 718 g/mol. The fourth-order valence-corrected chi connectivity index (χ4v) is 7.94. The van der Waals surface area contributed by atoms with Gasteiger partial charge < -0.3 is 0 Å². The number of rotatable bonds is 8. The van der Waals surface area contributed by atoms with Gasteiger partial charge in [-0.25, -0.2) is 0 Å². The Bertz CT molecular complexity index is 2340. The molecule has 0 amide bonds. The van der Waals surface area contributed by atoms with Gasteiger partial charge in [0.25, 0.3) is 0 Å². The smallest absolute Gasteiger partial charge is 0.0273 e. The Kier molecular flexibility index (Phi) is 9.36. The van der Waals surface area contributed by atoms with E-state index in [-0.39, 0.29) is 0 Å². The Balaban J connectivity index is 1.28. The van der Waals surface area contributed by atoms with Gasteiger partial charge in [-0.2, -0.15) is 0 Å². The van der Waals surface area contributed by atoms with Crippen LogP contribution in [-0.2, 0) is 0 Å². The molecule has 56 heavy (non-hydrogen) atoms. The second-order valence-electron chi connectivity index (χ2n) is 14.0. The van der Waals surface area contributed by atoms with Crippen molar-refractivity contribution in [2.24, 2.45) is 0 Å². The Labute approximate surface area is 327 Å². The Morgan fingerprint density at radius 3 is 0.518 bits per heavy atom. The van der Waals surface area contributed by atoms with Gasteiger partial charge in [0.2, 0.25) is 0 Å². The van der Waals surface area contributed by atoms with E-state index < -0.39 is 0 Å². The van der Waals surface area contributed by atoms with Gasteiger partial charge in [0.05, 0.1) is 0 Å². The van der Waals surface area contributed by atoms with E-state index in [9.17, 15) is 0 Å². The molecular weight excluding hydrogens is 681 g/mol. The average molecular weight is 719 g/mol. The fourth-order valence-electron chi connectivity index (χ4n) is 7.94. The van der Waals surface area contributed by atoms with E-state index in [4.69, 9.17) is 0 Å². The van der Waals surface area contributed by atoms with Gasteiger partial charge >= 0.3 is 0 Å². The average Bonchev–Trinajstić information content (AvgIpc) is 3.28. The third-order valence-corrected chi connectivity index (χ3v) is 10.7. The third-order valence-electron chi connectivity index (χ3n) is 10.7. The maximum absolute atomic E-state index is 4.23. The molecule has 0 aliphatic carbocycles. The Morgan fingerprint density at radius 2 is 0.339 bits per heavy atom. The first-order valence-corrected chi connectivity index (χ1v) is 18.8. The summed E-state index contributed by atoms with van der Waals surface area (Å²) in [6.07, 6.45) is 14.8. The van der Waals surface area contributed by atoms with Gasteiger partial charge in [-0.05, 0) is 163 Å². The number of nitrogens with zero attached hydrogens (tertiary/aromatic N) is 4. The van der Waals surface area contributed by atoms with Crippen LogP contribution in [0.1, 0.15) is 11.1 Å². The number of hydrogen-bond donors (Lipinski definition) is 0. The first-order valence-electron chi connectivity index (χ1n) is 18.8. The first-order chi connectivity index (χ1) is 27.6. The summed E-state index contributed by atoms with van der Waals surface area (Å²) < 4.78 is 0. The molecule has 0 bridgehead atoms. The van der Waals surface area contributed by atoms with Crippen molar-refractivity contribution in [2.75, 3.05) is 0 Å². The van der Waals surface area contributed by atoms with E-state index in [1.807, 2.05) is 49.6 Å². The molecule has 0 radical (unpaired) electrons. The van der Waals surface area contributed by atoms with Crippen LogP contribution in [0.2, 0.25) is 0 Å². The standard InChI is InChI=1S/C52H38N4/c1-35-49(45-11-3-37(4-12-45)41-19-27-53-28-20-41)51(47-15-7-39(8-16-47)43-23-31-55-32-24-43)36(2)52(48-17-9-40(10-18-48)44-25-33-56-34-26-44)50(35)46-13-5-38(6-14-46)42-21-29-54-30-22-42/h3-34H,1-2H3. The summed E-state index contributed by atoms with van der Waals surface area (Å²) in [4.78, 5) is 16.9. The van der Waals surface area contributed by atoms with Gasteiger partial charge in [0, 0.05) is 49.6 Å². The van der Waals surface area contributed by atoms with Crippen molar-refractivity contribution < 1.29 is 0 Å². The number of pyridine rings is 4. The van der Waals surface area contributed by atoms with Crippen molar-refractivity contribution in [3.05, 3.63) is 206 Å². The normalized spacial score (nSPS) is 11.0. The molecule has 0 saturated heterocycles. The molecule has 0 fully saturated rings. The molecule has 4 aromatic heterocycles. The third kappa shape index (κ3) is 6.69. The SMILES string of the molecule is Cc1c(-c2ccc(-c3ccncc3)cc2)c(-c2ccc(-c3ccncc3)cc2)c(C)c(-c2ccc(-c3ccncc3)cc2)c1-c1ccc(-c2ccncc2)cc1. The van der Waals surface area contributed by atoms with E-state index in [0.717, 1.165) is 44.5 Å². The van der Waals surface area contributed by atoms with Crippen molar-refractivity contribution in [3.8, 4) is 89.0 Å². The van der Waals surface area contributed by atoms with E-state index in [1.165, 1.54) is 55.6 Å². The molecule has 9 aromatic rings. The highest BCUT2D eigenvalue weighted by atomic mass is 14.6. The minimum Gasteiger partial charge on any atom is -0.265 e. The number of benzene rings is 5.